The Morgan fingerprint density at radius 2 is 1.16 bits per heavy atom. The van der Waals surface area contributed by atoms with Gasteiger partial charge in [-0.15, -0.1) is 0 Å². The predicted molar refractivity (Wildman–Crippen MR) is 119 cm³/mol. The van der Waals surface area contributed by atoms with Crippen molar-refractivity contribution in [2.24, 2.45) is 0 Å². The van der Waals surface area contributed by atoms with E-state index in [-0.39, 0.29) is 5.82 Å². The monoisotopic (exact) mass is 435 g/mol. The van der Waals surface area contributed by atoms with Crippen molar-refractivity contribution in [2.45, 2.75) is 13.1 Å². The molecule has 0 aliphatic rings. The van der Waals surface area contributed by atoms with Crippen molar-refractivity contribution < 1.29 is 17.9 Å². The zero-order valence-electron chi connectivity index (χ0n) is 17.4. The Bertz CT molecular complexity index is 1230. The van der Waals surface area contributed by atoms with Crippen LogP contribution in [0.5, 0.6) is 5.75 Å². The van der Waals surface area contributed by atoms with Gasteiger partial charge in [0.2, 0.25) is 0 Å². The molecule has 0 amide bonds. The topological polar surface area (TPSA) is 61.0 Å². The van der Waals surface area contributed by atoms with Crippen LogP contribution in [0.25, 0.3) is 33.8 Å². The molecule has 162 valence electrons. The maximum absolute atomic E-state index is 13.1. The van der Waals surface area contributed by atoms with Gasteiger partial charge in [-0.05, 0) is 43.3 Å². The van der Waals surface area contributed by atoms with Gasteiger partial charge < -0.3 is 10.5 Å². The van der Waals surface area contributed by atoms with Crippen LogP contribution in [0, 0.1) is 6.92 Å². The summed E-state index contributed by atoms with van der Waals surface area (Å²) in [7, 11) is 1.57. The van der Waals surface area contributed by atoms with Crippen LogP contribution in [0.1, 0.15) is 11.1 Å². The first-order valence-electron chi connectivity index (χ1n) is 9.83. The van der Waals surface area contributed by atoms with Crippen molar-refractivity contribution >= 4 is 5.82 Å². The summed E-state index contributed by atoms with van der Waals surface area (Å²) in [5, 5.41) is 0. The highest BCUT2D eigenvalue weighted by Gasteiger charge is 2.30. The van der Waals surface area contributed by atoms with Crippen molar-refractivity contribution in [2.75, 3.05) is 12.8 Å². The number of nitrogens with zero attached hydrogens (tertiary/aromatic N) is 2. The second-order valence-electron chi connectivity index (χ2n) is 7.32. The molecule has 0 aliphatic heterocycles. The summed E-state index contributed by atoms with van der Waals surface area (Å²) in [5.41, 5.74) is 10.00. The lowest BCUT2D eigenvalue weighted by Gasteiger charge is -2.14. The number of aryl methyl sites for hydroxylation is 1. The molecule has 0 bridgehead atoms. The number of halogens is 3. The SMILES string of the molecule is COc1ccc(-c2nc(N)c(-c3ccc(C)cc3)nc2-c2ccc(C(F)(F)F)cc2)cc1. The van der Waals surface area contributed by atoms with E-state index in [9.17, 15) is 13.2 Å². The van der Waals surface area contributed by atoms with E-state index < -0.39 is 11.7 Å². The van der Waals surface area contributed by atoms with E-state index in [1.165, 1.54) is 12.1 Å². The van der Waals surface area contributed by atoms with E-state index >= 15 is 0 Å². The molecule has 0 fully saturated rings. The van der Waals surface area contributed by atoms with Gasteiger partial charge in [-0.25, -0.2) is 9.97 Å². The van der Waals surface area contributed by atoms with Crippen molar-refractivity contribution in [3.05, 3.63) is 83.9 Å². The Balaban J connectivity index is 1.90. The molecule has 0 radical (unpaired) electrons. The zero-order valence-corrected chi connectivity index (χ0v) is 17.4. The molecular formula is C25H20F3N3O. The summed E-state index contributed by atoms with van der Waals surface area (Å²) in [5.74, 6) is 0.900. The number of anilines is 1. The number of ether oxygens (including phenoxy) is 1. The molecule has 0 aliphatic carbocycles. The van der Waals surface area contributed by atoms with E-state index in [1.807, 2.05) is 31.2 Å². The molecule has 1 aromatic heterocycles. The van der Waals surface area contributed by atoms with Gasteiger partial charge in [0.05, 0.1) is 24.1 Å². The van der Waals surface area contributed by atoms with Crippen molar-refractivity contribution in [3.8, 4) is 39.5 Å². The second-order valence-corrected chi connectivity index (χ2v) is 7.32. The van der Waals surface area contributed by atoms with Crippen molar-refractivity contribution in [1.82, 2.24) is 9.97 Å². The lowest BCUT2D eigenvalue weighted by atomic mass is 10.0. The number of nitrogens with two attached hydrogens (primary N) is 1. The van der Waals surface area contributed by atoms with Gasteiger partial charge in [0.1, 0.15) is 11.4 Å². The molecule has 1 heterocycles. The standard InChI is InChI=1S/C25H20F3N3O/c1-15-3-5-18(6-4-15)23-24(29)31-22(17-9-13-20(32-2)14-10-17)21(30-23)16-7-11-19(12-8-16)25(26,27)28/h3-14H,1-2H3,(H2,29,31). The minimum Gasteiger partial charge on any atom is -0.497 e. The van der Waals surface area contributed by atoms with Crippen molar-refractivity contribution in [1.29, 1.82) is 0 Å². The normalized spacial score (nSPS) is 11.4. The van der Waals surface area contributed by atoms with Crippen LogP contribution in [-0.4, -0.2) is 17.1 Å². The first-order valence-corrected chi connectivity index (χ1v) is 9.83. The number of aromatic nitrogens is 2. The molecule has 0 atom stereocenters. The number of methoxy groups -OCH3 is 1. The predicted octanol–water partition coefficient (Wildman–Crippen LogP) is 6.40. The van der Waals surface area contributed by atoms with Crippen molar-refractivity contribution in [3.63, 3.8) is 0 Å². The van der Waals surface area contributed by atoms with E-state index in [4.69, 9.17) is 15.5 Å². The minimum absolute atomic E-state index is 0.232. The molecule has 0 saturated heterocycles. The number of benzene rings is 3. The first kappa shape index (κ1) is 21.4. The number of hydrogen-bond acceptors (Lipinski definition) is 4. The van der Waals surface area contributed by atoms with Crippen LogP contribution in [0.3, 0.4) is 0 Å². The molecule has 4 nitrogen and oxygen atoms in total. The number of rotatable bonds is 4. The molecule has 4 aromatic rings. The fraction of sp³-hybridized carbons (Fsp3) is 0.120. The lowest BCUT2D eigenvalue weighted by Crippen LogP contribution is -2.05. The molecule has 0 saturated carbocycles. The Labute approximate surface area is 183 Å². The molecular weight excluding hydrogens is 415 g/mol. The van der Waals surface area contributed by atoms with Gasteiger partial charge in [0, 0.05) is 16.7 Å². The average molecular weight is 435 g/mol. The highest BCUT2D eigenvalue weighted by atomic mass is 19.4. The Morgan fingerprint density at radius 3 is 1.69 bits per heavy atom. The van der Waals surface area contributed by atoms with Crippen LogP contribution >= 0.6 is 0 Å². The third kappa shape index (κ3) is 4.27. The smallest absolute Gasteiger partial charge is 0.416 e. The summed E-state index contributed by atoms with van der Waals surface area (Å²) in [6.07, 6.45) is -4.42. The summed E-state index contributed by atoms with van der Waals surface area (Å²) < 4.78 is 44.4. The van der Waals surface area contributed by atoms with Gasteiger partial charge in [0.15, 0.2) is 5.82 Å². The average Bonchev–Trinajstić information content (AvgIpc) is 2.79. The van der Waals surface area contributed by atoms with E-state index in [2.05, 4.69) is 4.98 Å². The van der Waals surface area contributed by atoms with Crippen LogP contribution in [-0.2, 0) is 6.18 Å². The highest BCUT2D eigenvalue weighted by Crippen LogP contribution is 2.36. The maximum atomic E-state index is 13.1. The molecule has 0 unspecified atom stereocenters. The largest absolute Gasteiger partial charge is 0.497 e. The highest BCUT2D eigenvalue weighted by molar-refractivity contribution is 5.83. The summed E-state index contributed by atoms with van der Waals surface area (Å²) in [6.45, 7) is 1.97. The molecule has 32 heavy (non-hydrogen) atoms. The summed E-state index contributed by atoms with van der Waals surface area (Å²) in [6, 6.07) is 19.7. The molecule has 0 spiro atoms. The van der Waals surface area contributed by atoms with Gasteiger partial charge in [0.25, 0.3) is 0 Å². The van der Waals surface area contributed by atoms with E-state index in [1.54, 1.807) is 31.4 Å². The van der Waals surface area contributed by atoms with Gasteiger partial charge >= 0.3 is 6.18 Å². The first-order chi connectivity index (χ1) is 15.3. The molecule has 2 N–H and O–H groups in total. The maximum Gasteiger partial charge on any atom is 0.416 e. The van der Waals surface area contributed by atoms with Crippen LogP contribution in [0.15, 0.2) is 72.8 Å². The minimum atomic E-state index is -4.42. The Kier molecular flexibility index (Phi) is 5.57. The summed E-state index contributed by atoms with van der Waals surface area (Å²) >= 11 is 0. The van der Waals surface area contributed by atoms with Crippen LogP contribution in [0.2, 0.25) is 0 Å². The fourth-order valence-corrected chi connectivity index (χ4v) is 3.34. The van der Waals surface area contributed by atoms with E-state index in [0.717, 1.165) is 28.8 Å². The Morgan fingerprint density at radius 1 is 0.688 bits per heavy atom. The van der Waals surface area contributed by atoms with Gasteiger partial charge in [-0.2, -0.15) is 13.2 Å². The van der Waals surface area contributed by atoms with Crippen LogP contribution < -0.4 is 10.5 Å². The Hall–Kier alpha value is -3.87. The summed E-state index contributed by atoms with van der Waals surface area (Å²) in [4.78, 5) is 9.35. The fourth-order valence-electron chi connectivity index (χ4n) is 3.34. The third-order valence-corrected chi connectivity index (χ3v) is 5.10. The molecule has 3 aromatic carbocycles. The third-order valence-electron chi connectivity index (χ3n) is 5.10. The van der Waals surface area contributed by atoms with Gasteiger partial charge in [-0.3, -0.25) is 0 Å². The quantitative estimate of drug-likeness (QED) is 0.403. The second kappa shape index (κ2) is 8.34. The zero-order chi connectivity index (χ0) is 22.9. The van der Waals surface area contributed by atoms with Gasteiger partial charge in [-0.1, -0.05) is 42.0 Å². The lowest BCUT2D eigenvalue weighted by molar-refractivity contribution is -0.137. The van der Waals surface area contributed by atoms with E-state index in [0.29, 0.717) is 28.4 Å². The number of hydrogen-bond donors (Lipinski definition) is 1. The molecule has 4 rings (SSSR count). The number of alkyl halides is 3. The number of nitrogen functional groups attached to an aromatic ring is 1. The molecule has 7 heteroatoms. The van der Waals surface area contributed by atoms with Crippen LogP contribution in [0.4, 0.5) is 19.0 Å².